The first-order chi connectivity index (χ1) is 15.5. The average Bonchev–Trinajstić information content (AvgIpc) is 3.26. The second-order valence-corrected chi connectivity index (χ2v) is 9.86. The van der Waals surface area contributed by atoms with Crippen LogP contribution >= 0.6 is 11.8 Å². The van der Waals surface area contributed by atoms with Crippen molar-refractivity contribution in [2.24, 2.45) is 0 Å². The van der Waals surface area contributed by atoms with Gasteiger partial charge in [-0.3, -0.25) is 9.59 Å². The van der Waals surface area contributed by atoms with Gasteiger partial charge in [0.2, 0.25) is 18.6 Å². The Labute approximate surface area is 192 Å². The zero-order valence-corrected chi connectivity index (χ0v) is 19.1. The Morgan fingerprint density at radius 1 is 1.09 bits per heavy atom. The van der Waals surface area contributed by atoms with Crippen LogP contribution in [0.2, 0.25) is 0 Å². The number of likely N-dealkylation sites (tertiary alicyclic amines) is 1. The molecule has 1 atom stereocenters. The molecule has 2 amide bonds. The van der Waals surface area contributed by atoms with Crippen molar-refractivity contribution in [3.63, 3.8) is 0 Å². The Balaban J connectivity index is 1.42. The van der Waals surface area contributed by atoms with E-state index in [0.717, 1.165) is 28.4 Å². The Bertz CT molecular complexity index is 1030. The number of carbonyl (C=O) groups excluding carboxylic acids is 2. The van der Waals surface area contributed by atoms with Gasteiger partial charge in [-0.15, -0.1) is 0 Å². The summed E-state index contributed by atoms with van der Waals surface area (Å²) in [5.74, 6) is 3.04. The lowest BCUT2D eigenvalue weighted by molar-refractivity contribution is -0.164. The Kier molecular flexibility index (Phi) is 5.41. The number of fused-ring (bicyclic) bond motifs is 1. The summed E-state index contributed by atoms with van der Waals surface area (Å²) < 4.78 is 11.0. The molecule has 0 radical (unpaired) electrons. The van der Waals surface area contributed by atoms with E-state index in [1.165, 1.54) is 0 Å². The molecule has 5 rings (SSSR count). The maximum Gasteiger partial charge on any atom is 0.250 e. The number of amides is 2. The van der Waals surface area contributed by atoms with Crippen molar-refractivity contribution in [1.29, 1.82) is 0 Å². The van der Waals surface area contributed by atoms with E-state index < -0.39 is 5.54 Å². The minimum atomic E-state index is -0.845. The lowest BCUT2D eigenvalue weighted by Crippen LogP contribution is -2.66. The maximum atomic E-state index is 13.7. The molecular formula is C24H27N3O4S. The summed E-state index contributed by atoms with van der Waals surface area (Å²) in [4.78, 5) is 30.4. The van der Waals surface area contributed by atoms with Gasteiger partial charge < -0.3 is 24.6 Å². The van der Waals surface area contributed by atoms with E-state index in [9.17, 15) is 9.59 Å². The minimum absolute atomic E-state index is 0.0256. The fraction of sp³-hybridized carbons (Fsp3) is 0.417. The highest BCUT2D eigenvalue weighted by Crippen LogP contribution is 2.47. The van der Waals surface area contributed by atoms with Gasteiger partial charge in [0.1, 0.15) is 5.54 Å². The first kappa shape index (κ1) is 21.0. The molecule has 32 heavy (non-hydrogen) atoms. The van der Waals surface area contributed by atoms with Gasteiger partial charge in [-0.2, -0.15) is 11.8 Å². The minimum Gasteiger partial charge on any atom is -0.454 e. The molecule has 0 aliphatic carbocycles. The maximum absolute atomic E-state index is 13.7. The first-order valence-electron chi connectivity index (χ1n) is 10.9. The van der Waals surface area contributed by atoms with Gasteiger partial charge in [0, 0.05) is 25.5 Å². The monoisotopic (exact) mass is 453 g/mol. The van der Waals surface area contributed by atoms with Crippen molar-refractivity contribution >= 4 is 35.0 Å². The average molecular weight is 454 g/mol. The van der Waals surface area contributed by atoms with Crippen LogP contribution in [0.1, 0.15) is 30.9 Å². The first-order valence-corrected chi connectivity index (χ1v) is 12.0. The van der Waals surface area contributed by atoms with Crippen LogP contribution in [0, 0.1) is 0 Å². The molecule has 2 aromatic rings. The van der Waals surface area contributed by atoms with Crippen LogP contribution in [0.3, 0.4) is 0 Å². The number of rotatable bonds is 5. The summed E-state index contributed by atoms with van der Waals surface area (Å²) >= 11 is 1.83. The summed E-state index contributed by atoms with van der Waals surface area (Å²) in [6, 6.07) is 13.4. The van der Waals surface area contributed by atoms with Crippen molar-refractivity contribution in [2.75, 3.05) is 42.6 Å². The molecule has 3 aliphatic heterocycles. The molecule has 8 heteroatoms. The van der Waals surface area contributed by atoms with Gasteiger partial charge in [-0.25, -0.2) is 0 Å². The zero-order valence-electron chi connectivity index (χ0n) is 18.3. The number of hydrogen-bond acceptors (Lipinski definition) is 6. The number of hydrogen-bond donors (Lipinski definition) is 1. The summed E-state index contributed by atoms with van der Waals surface area (Å²) in [6.45, 7) is 0.211. The largest absolute Gasteiger partial charge is 0.454 e. The number of anilines is 2. The molecule has 7 nitrogen and oxygen atoms in total. The molecule has 3 aliphatic rings. The summed E-state index contributed by atoms with van der Waals surface area (Å²) in [7, 11) is 3.96. The molecule has 2 fully saturated rings. The van der Waals surface area contributed by atoms with Crippen LogP contribution < -0.4 is 19.7 Å². The number of ether oxygens (including phenoxy) is 2. The molecule has 1 N–H and O–H groups in total. The van der Waals surface area contributed by atoms with Crippen LogP contribution in [0.4, 0.5) is 11.4 Å². The topological polar surface area (TPSA) is 71.1 Å². The fourth-order valence-corrected chi connectivity index (χ4v) is 5.89. The molecule has 0 unspecified atom stereocenters. The quantitative estimate of drug-likeness (QED) is 0.697. The van der Waals surface area contributed by atoms with Gasteiger partial charge in [-0.1, -0.05) is 6.07 Å². The Hall–Kier alpha value is -2.87. The van der Waals surface area contributed by atoms with E-state index in [-0.39, 0.29) is 24.6 Å². The summed E-state index contributed by atoms with van der Waals surface area (Å²) in [5, 5.41) is 3.10. The normalized spacial score (nSPS) is 21.1. The molecule has 0 bridgehead atoms. The third-order valence-electron chi connectivity index (χ3n) is 6.58. The lowest BCUT2D eigenvalue weighted by atomic mass is 9.80. The lowest BCUT2D eigenvalue weighted by Gasteiger charge is -2.53. The predicted molar refractivity (Wildman–Crippen MR) is 125 cm³/mol. The zero-order chi connectivity index (χ0) is 22.3. The van der Waals surface area contributed by atoms with Gasteiger partial charge in [-0.05, 0) is 66.3 Å². The molecular weight excluding hydrogens is 426 g/mol. The number of benzene rings is 2. The van der Waals surface area contributed by atoms with Crippen molar-refractivity contribution in [1.82, 2.24) is 4.90 Å². The van der Waals surface area contributed by atoms with E-state index >= 15 is 0 Å². The second kappa shape index (κ2) is 8.24. The SMILES string of the molecule is CN(C)c1ccc(NC(=O)C2(N3C(=O)C[C@H]3c3ccc4c(c3)OCO4)CCSCC2)cc1. The van der Waals surface area contributed by atoms with Gasteiger partial charge in [0.15, 0.2) is 11.5 Å². The van der Waals surface area contributed by atoms with Crippen molar-refractivity contribution in [2.45, 2.75) is 30.8 Å². The molecule has 2 saturated heterocycles. The highest BCUT2D eigenvalue weighted by atomic mass is 32.2. The molecule has 2 aromatic carbocycles. The highest BCUT2D eigenvalue weighted by Gasteiger charge is 2.55. The van der Waals surface area contributed by atoms with Crippen LogP contribution in [-0.2, 0) is 9.59 Å². The number of carbonyl (C=O) groups is 2. The van der Waals surface area contributed by atoms with E-state index in [4.69, 9.17) is 9.47 Å². The molecule has 0 saturated carbocycles. The highest BCUT2D eigenvalue weighted by molar-refractivity contribution is 7.99. The number of nitrogens with one attached hydrogen (secondary N) is 1. The van der Waals surface area contributed by atoms with Gasteiger partial charge in [0.05, 0.1) is 12.5 Å². The number of nitrogens with zero attached hydrogens (tertiary/aromatic N) is 2. The molecule has 168 valence electrons. The molecule has 3 heterocycles. The summed E-state index contributed by atoms with van der Waals surface area (Å²) in [6.07, 6.45) is 1.69. The van der Waals surface area contributed by atoms with Crippen LogP contribution in [0.5, 0.6) is 11.5 Å². The van der Waals surface area contributed by atoms with Crippen molar-refractivity contribution in [3.8, 4) is 11.5 Å². The Morgan fingerprint density at radius 3 is 2.50 bits per heavy atom. The van der Waals surface area contributed by atoms with Crippen LogP contribution in [0.25, 0.3) is 0 Å². The number of thioether (sulfide) groups is 1. The molecule has 0 spiro atoms. The van der Waals surface area contributed by atoms with E-state index in [2.05, 4.69) is 5.32 Å². The van der Waals surface area contributed by atoms with Crippen molar-refractivity contribution in [3.05, 3.63) is 48.0 Å². The second-order valence-electron chi connectivity index (χ2n) is 8.64. The molecule has 0 aromatic heterocycles. The smallest absolute Gasteiger partial charge is 0.250 e. The van der Waals surface area contributed by atoms with Gasteiger partial charge in [0.25, 0.3) is 0 Å². The number of β-lactam (4-membered cyclic amide) rings is 1. The third kappa shape index (κ3) is 3.56. The third-order valence-corrected chi connectivity index (χ3v) is 7.56. The Morgan fingerprint density at radius 2 is 1.81 bits per heavy atom. The van der Waals surface area contributed by atoms with Crippen molar-refractivity contribution < 1.29 is 19.1 Å². The summed E-state index contributed by atoms with van der Waals surface area (Å²) in [5.41, 5.74) is 1.94. The van der Waals surface area contributed by atoms with E-state index in [0.29, 0.717) is 30.8 Å². The van der Waals surface area contributed by atoms with Gasteiger partial charge >= 0.3 is 0 Å². The standard InChI is InChI=1S/C24H27N3O4S/c1-26(2)18-6-4-17(5-7-18)25-23(29)24(9-11-32-12-10-24)27-19(14-22(27)28)16-3-8-20-21(13-16)31-15-30-20/h3-8,13,19H,9-12,14-15H2,1-2H3,(H,25,29)/t19-/m0/s1. The van der Waals surface area contributed by atoms with E-state index in [1.807, 2.05) is 78.1 Å². The fourth-order valence-electron chi connectivity index (χ4n) is 4.72. The van der Waals surface area contributed by atoms with Crippen LogP contribution in [0.15, 0.2) is 42.5 Å². The van der Waals surface area contributed by atoms with E-state index in [1.54, 1.807) is 0 Å². The predicted octanol–water partition coefficient (Wildman–Crippen LogP) is 3.66. The van der Waals surface area contributed by atoms with Crippen LogP contribution in [-0.4, -0.2) is 54.6 Å².